The van der Waals surface area contributed by atoms with Gasteiger partial charge in [-0.25, -0.2) is 13.8 Å². The number of nitrogens with one attached hydrogen (secondary N) is 2. The fourth-order valence-corrected chi connectivity index (χ4v) is 2.57. The number of anilines is 3. The van der Waals surface area contributed by atoms with Gasteiger partial charge >= 0.3 is 0 Å². The van der Waals surface area contributed by atoms with Gasteiger partial charge < -0.3 is 15.7 Å². The molecule has 0 spiro atoms. The molecule has 0 aliphatic rings. The molecule has 8 heteroatoms. The van der Waals surface area contributed by atoms with Crippen molar-refractivity contribution >= 4 is 17.5 Å². The Balaban J connectivity index is 2.00. The number of hydrogen-bond donors (Lipinski definition) is 3. The lowest BCUT2D eigenvalue weighted by Gasteiger charge is -2.20. The number of nitrogens with zero attached hydrogens (tertiary/aromatic N) is 3. The SMILES string of the molecule is CC(C)[C@@H](CO)Nc1nc(Nc2cc(F)ccc2F)cc(-c2ccncc2)n1. The van der Waals surface area contributed by atoms with Crippen molar-refractivity contribution in [1.82, 2.24) is 15.0 Å². The Labute approximate surface area is 161 Å². The molecule has 2 heterocycles. The highest BCUT2D eigenvalue weighted by Crippen LogP contribution is 2.25. The van der Waals surface area contributed by atoms with Crippen molar-refractivity contribution in [2.24, 2.45) is 5.92 Å². The van der Waals surface area contributed by atoms with Crippen molar-refractivity contribution in [1.29, 1.82) is 0 Å². The maximum Gasteiger partial charge on any atom is 0.225 e. The number of aromatic nitrogens is 3. The predicted molar refractivity (Wildman–Crippen MR) is 104 cm³/mol. The van der Waals surface area contributed by atoms with E-state index in [1.807, 2.05) is 13.8 Å². The van der Waals surface area contributed by atoms with Crippen LogP contribution in [0.2, 0.25) is 0 Å². The second kappa shape index (κ2) is 8.71. The molecule has 0 radical (unpaired) electrons. The molecular weight excluding hydrogens is 364 g/mol. The number of rotatable bonds is 7. The van der Waals surface area contributed by atoms with Crippen molar-refractivity contribution in [3.63, 3.8) is 0 Å². The summed E-state index contributed by atoms with van der Waals surface area (Å²) in [5.41, 5.74) is 1.32. The van der Waals surface area contributed by atoms with Crippen molar-refractivity contribution in [2.75, 3.05) is 17.2 Å². The lowest BCUT2D eigenvalue weighted by molar-refractivity contribution is 0.248. The average Bonchev–Trinajstić information content (AvgIpc) is 2.69. The van der Waals surface area contributed by atoms with Gasteiger partial charge in [0.1, 0.15) is 17.5 Å². The number of halogens is 2. The van der Waals surface area contributed by atoms with Crippen LogP contribution in [0.3, 0.4) is 0 Å². The topological polar surface area (TPSA) is 83.0 Å². The van der Waals surface area contributed by atoms with Gasteiger partial charge in [-0.3, -0.25) is 4.98 Å². The van der Waals surface area contributed by atoms with E-state index in [-0.39, 0.29) is 36.0 Å². The minimum Gasteiger partial charge on any atom is -0.394 e. The van der Waals surface area contributed by atoms with Crippen LogP contribution in [0.5, 0.6) is 0 Å². The van der Waals surface area contributed by atoms with E-state index >= 15 is 0 Å². The maximum absolute atomic E-state index is 14.0. The smallest absolute Gasteiger partial charge is 0.225 e. The van der Waals surface area contributed by atoms with Crippen molar-refractivity contribution in [3.8, 4) is 11.3 Å². The van der Waals surface area contributed by atoms with Crippen LogP contribution in [0.4, 0.5) is 26.2 Å². The van der Waals surface area contributed by atoms with Crippen LogP contribution >= 0.6 is 0 Å². The number of hydrogen-bond acceptors (Lipinski definition) is 6. The van der Waals surface area contributed by atoms with E-state index in [4.69, 9.17) is 0 Å². The fraction of sp³-hybridized carbons (Fsp3) is 0.250. The molecule has 0 bridgehead atoms. The van der Waals surface area contributed by atoms with Gasteiger partial charge in [0.15, 0.2) is 0 Å². The molecule has 0 aliphatic heterocycles. The third-order valence-corrected chi connectivity index (χ3v) is 4.21. The molecule has 2 aromatic heterocycles. The summed E-state index contributed by atoms with van der Waals surface area (Å²) in [4.78, 5) is 12.8. The Kier molecular flexibility index (Phi) is 6.10. The molecule has 0 unspecified atom stereocenters. The van der Waals surface area contributed by atoms with Crippen LogP contribution in [0, 0.1) is 17.6 Å². The Morgan fingerprint density at radius 2 is 1.79 bits per heavy atom. The molecule has 3 N–H and O–H groups in total. The zero-order valence-corrected chi connectivity index (χ0v) is 15.5. The Morgan fingerprint density at radius 3 is 2.46 bits per heavy atom. The summed E-state index contributed by atoms with van der Waals surface area (Å²) >= 11 is 0. The van der Waals surface area contributed by atoms with Crippen LogP contribution in [0.1, 0.15) is 13.8 Å². The van der Waals surface area contributed by atoms with Gasteiger partial charge in [0.05, 0.1) is 24.0 Å². The van der Waals surface area contributed by atoms with Crippen LogP contribution in [0.25, 0.3) is 11.3 Å². The molecule has 3 aromatic rings. The zero-order valence-electron chi connectivity index (χ0n) is 15.5. The molecule has 0 amide bonds. The Hall–Kier alpha value is -3.13. The monoisotopic (exact) mass is 385 g/mol. The summed E-state index contributed by atoms with van der Waals surface area (Å²) in [5.74, 6) is -0.480. The third kappa shape index (κ3) is 4.77. The molecule has 6 nitrogen and oxygen atoms in total. The number of benzene rings is 1. The molecule has 1 atom stereocenters. The largest absolute Gasteiger partial charge is 0.394 e. The maximum atomic E-state index is 14.0. The summed E-state index contributed by atoms with van der Waals surface area (Å²) in [6.07, 6.45) is 3.27. The van der Waals surface area contributed by atoms with E-state index in [1.165, 1.54) is 0 Å². The van der Waals surface area contributed by atoms with Crippen LogP contribution in [-0.4, -0.2) is 32.7 Å². The quantitative estimate of drug-likeness (QED) is 0.570. The molecular formula is C20H21F2N5O. The van der Waals surface area contributed by atoms with Crippen LogP contribution in [0.15, 0.2) is 48.8 Å². The first-order chi connectivity index (χ1) is 13.5. The van der Waals surface area contributed by atoms with Gasteiger partial charge in [-0.15, -0.1) is 0 Å². The minimum absolute atomic E-state index is 0.0344. The molecule has 0 saturated heterocycles. The van der Waals surface area contributed by atoms with Gasteiger partial charge in [-0.1, -0.05) is 13.8 Å². The highest BCUT2D eigenvalue weighted by Gasteiger charge is 2.15. The summed E-state index contributed by atoms with van der Waals surface area (Å²) in [7, 11) is 0. The molecule has 0 fully saturated rings. The lowest BCUT2D eigenvalue weighted by Crippen LogP contribution is -2.30. The summed E-state index contributed by atoms with van der Waals surface area (Å²) < 4.78 is 27.5. The molecule has 28 heavy (non-hydrogen) atoms. The van der Waals surface area contributed by atoms with Gasteiger partial charge in [0.2, 0.25) is 5.95 Å². The number of aliphatic hydroxyl groups is 1. The third-order valence-electron chi connectivity index (χ3n) is 4.21. The van der Waals surface area contributed by atoms with Crippen LogP contribution in [-0.2, 0) is 0 Å². The normalized spacial score (nSPS) is 12.1. The second-order valence-corrected chi connectivity index (χ2v) is 6.62. The fourth-order valence-electron chi connectivity index (χ4n) is 2.57. The van der Waals surface area contributed by atoms with E-state index in [0.717, 1.165) is 23.8 Å². The minimum atomic E-state index is -0.601. The molecule has 1 aromatic carbocycles. The molecule has 3 rings (SSSR count). The zero-order chi connectivity index (χ0) is 20.1. The first-order valence-corrected chi connectivity index (χ1v) is 8.85. The predicted octanol–water partition coefficient (Wildman–Crippen LogP) is 3.99. The van der Waals surface area contributed by atoms with Gasteiger partial charge in [-0.2, -0.15) is 4.98 Å². The molecule has 146 valence electrons. The van der Waals surface area contributed by atoms with E-state index in [9.17, 15) is 13.9 Å². The van der Waals surface area contributed by atoms with E-state index in [2.05, 4.69) is 25.6 Å². The molecule has 0 aliphatic carbocycles. The summed E-state index contributed by atoms with van der Waals surface area (Å²) in [6.45, 7) is 3.82. The van der Waals surface area contributed by atoms with Crippen molar-refractivity contribution in [3.05, 3.63) is 60.4 Å². The van der Waals surface area contributed by atoms with Gasteiger partial charge in [-0.05, 0) is 30.2 Å². The van der Waals surface area contributed by atoms with E-state index in [1.54, 1.807) is 30.6 Å². The first-order valence-electron chi connectivity index (χ1n) is 8.85. The number of pyridine rings is 1. The standard InChI is InChI=1S/C20H21F2N5O/c1-12(2)18(11-28)26-20-25-16(13-5-7-23-8-6-13)10-19(27-20)24-17-9-14(21)3-4-15(17)22/h3-10,12,18,28H,11H2,1-2H3,(H2,24,25,26,27)/t18-/m1/s1. The van der Waals surface area contributed by atoms with Gasteiger partial charge in [0, 0.05) is 30.1 Å². The Morgan fingerprint density at radius 1 is 1.04 bits per heavy atom. The lowest BCUT2D eigenvalue weighted by atomic mass is 10.1. The van der Waals surface area contributed by atoms with Crippen molar-refractivity contribution < 1.29 is 13.9 Å². The second-order valence-electron chi connectivity index (χ2n) is 6.62. The Bertz CT molecular complexity index is 937. The van der Waals surface area contributed by atoms with Crippen molar-refractivity contribution in [2.45, 2.75) is 19.9 Å². The highest BCUT2D eigenvalue weighted by molar-refractivity contribution is 5.67. The molecule has 0 saturated carbocycles. The average molecular weight is 385 g/mol. The van der Waals surface area contributed by atoms with E-state index < -0.39 is 11.6 Å². The first kappa shape index (κ1) is 19.6. The van der Waals surface area contributed by atoms with Gasteiger partial charge in [0.25, 0.3) is 0 Å². The summed E-state index contributed by atoms with van der Waals surface area (Å²) in [5, 5.41) is 15.5. The van der Waals surface area contributed by atoms with E-state index in [0.29, 0.717) is 5.69 Å². The van der Waals surface area contributed by atoms with Crippen LogP contribution < -0.4 is 10.6 Å². The summed E-state index contributed by atoms with van der Waals surface area (Å²) in [6, 6.07) is 8.09. The number of aliphatic hydroxyl groups excluding tert-OH is 1. The highest BCUT2D eigenvalue weighted by atomic mass is 19.1.